The highest BCUT2D eigenvalue weighted by Crippen LogP contribution is 2.38. The molecule has 2 aromatic rings. The maximum Gasteiger partial charge on any atom is 0.496 e. The number of hydrogen-bond acceptors (Lipinski definition) is 4. The smallest absolute Gasteiger partial charge is 0.481 e. The normalized spacial score (nSPS) is 19.9. The molecule has 5 nitrogen and oxygen atoms in total. The summed E-state index contributed by atoms with van der Waals surface area (Å²) in [6, 6.07) is 3.81. The summed E-state index contributed by atoms with van der Waals surface area (Å²) in [6.07, 6.45) is 0. The van der Waals surface area contributed by atoms with Crippen LogP contribution in [0.25, 0.3) is 10.9 Å². The molecule has 0 N–H and O–H groups in total. The Labute approximate surface area is 135 Å². The average molecular weight is 323 g/mol. The number of methoxy groups -OCH3 is 1. The second-order valence-corrected chi connectivity index (χ2v) is 6.96. The highest BCUT2D eigenvalue weighted by Gasteiger charge is 2.52. The summed E-state index contributed by atoms with van der Waals surface area (Å²) in [4.78, 5) is 0. The SMILES string of the molecule is COc1c2c(Cl)c(B3OC(C)(C)C(C)(C)O3)ccc2nn1C. The van der Waals surface area contributed by atoms with Crippen LogP contribution in [-0.2, 0) is 16.4 Å². The molecule has 0 aliphatic carbocycles. The lowest BCUT2D eigenvalue weighted by Crippen LogP contribution is -2.41. The Hall–Kier alpha value is -1.24. The molecule has 1 saturated heterocycles. The van der Waals surface area contributed by atoms with Crippen LogP contribution in [0.4, 0.5) is 0 Å². The van der Waals surface area contributed by atoms with Crippen molar-refractivity contribution in [1.29, 1.82) is 0 Å². The Morgan fingerprint density at radius 2 is 1.77 bits per heavy atom. The zero-order valence-corrected chi connectivity index (χ0v) is 14.5. The van der Waals surface area contributed by atoms with Gasteiger partial charge in [0.25, 0.3) is 0 Å². The number of nitrogens with zero attached hydrogens (tertiary/aromatic N) is 2. The number of aryl methyl sites for hydroxylation is 1. The molecule has 3 rings (SSSR count). The summed E-state index contributed by atoms with van der Waals surface area (Å²) in [7, 11) is 2.92. The van der Waals surface area contributed by atoms with Gasteiger partial charge < -0.3 is 14.0 Å². The molecule has 0 bridgehead atoms. The number of fused-ring (bicyclic) bond motifs is 1. The number of halogens is 1. The van der Waals surface area contributed by atoms with Crippen LogP contribution in [0.3, 0.4) is 0 Å². The first kappa shape index (κ1) is 15.7. The second kappa shape index (κ2) is 4.88. The van der Waals surface area contributed by atoms with E-state index in [0.717, 1.165) is 16.4 Å². The Morgan fingerprint density at radius 3 is 2.32 bits per heavy atom. The van der Waals surface area contributed by atoms with Crippen LogP contribution >= 0.6 is 11.6 Å². The number of benzene rings is 1. The average Bonchev–Trinajstić information content (AvgIpc) is 2.83. The van der Waals surface area contributed by atoms with Gasteiger partial charge in [-0.25, -0.2) is 4.68 Å². The first-order valence-corrected chi connectivity index (χ1v) is 7.60. The molecule has 1 fully saturated rings. The minimum absolute atomic E-state index is 0.408. The fourth-order valence-corrected chi connectivity index (χ4v) is 2.95. The second-order valence-electron chi connectivity index (χ2n) is 6.58. The predicted octanol–water partition coefficient (Wildman–Crippen LogP) is 2.53. The van der Waals surface area contributed by atoms with Gasteiger partial charge in [0.15, 0.2) is 0 Å². The van der Waals surface area contributed by atoms with Crippen LogP contribution in [0.2, 0.25) is 5.02 Å². The van der Waals surface area contributed by atoms with Crippen molar-refractivity contribution in [1.82, 2.24) is 9.78 Å². The van der Waals surface area contributed by atoms with Gasteiger partial charge in [-0.2, -0.15) is 5.10 Å². The third kappa shape index (κ3) is 2.13. The van der Waals surface area contributed by atoms with Gasteiger partial charge in [-0.1, -0.05) is 17.7 Å². The molecule has 2 heterocycles. The molecule has 1 aromatic heterocycles. The van der Waals surface area contributed by atoms with E-state index in [4.69, 9.17) is 25.6 Å². The van der Waals surface area contributed by atoms with E-state index in [1.807, 2.05) is 46.9 Å². The van der Waals surface area contributed by atoms with Crippen LogP contribution in [0.1, 0.15) is 27.7 Å². The molecule has 0 unspecified atom stereocenters. The maximum absolute atomic E-state index is 6.61. The zero-order valence-electron chi connectivity index (χ0n) is 13.7. The van der Waals surface area contributed by atoms with Gasteiger partial charge in [0, 0.05) is 12.5 Å². The van der Waals surface area contributed by atoms with Gasteiger partial charge in [-0.15, -0.1) is 0 Å². The topological polar surface area (TPSA) is 45.5 Å². The number of ether oxygens (including phenoxy) is 1. The number of aromatic nitrogens is 2. The fourth-order valence-electron chi connectivity index (χ4n) is 2.62. The van der Waals surface area contributed by atoms with Gasteiger partial charge in [0.05, 0.1) is 34.2 Å². The molecular formula is C15H20BClN2O3. The monoisotopic (exact) mass is 322 g/mol. The largest absolute Gasteiger partial charge is 0.496 e. The molecule has 0 radical (unpaired) electrons. The van der Waals surface area contributed by atoms with Gasteiger partial charge in [0.1, 0.15) is 0 Å². The van der Waals surface area contributed by atoms with Gasteiger partial charge in [0.2, 0.25) is 5.88 Å². The molecule has 22 heavy (non-hydrogen) atoms. The molecule has 0 amide bonds. The first-order valence-electron chi connectivity index (χ1n) is 7.22. The summed E-state index contributed by atoms with van der Waals surface area (Å²) >= 11 is 6.61. The van der Waals surface area contributed by atoms with Crippen molar-refractivity contribution in [3.05, 3.63) is 17.2 Å². The number of rotatable bonds is 2. The van der Waals surface area contributed by atoms with Crippen molar-refractivity contribution in [2.75, 3.05) is 7.11 Å². The number of hydrogen-bond donors (Lipinski definition) is 0. The van der Waals surface area contributed by atoms with Crippen LogP contribution in [0.15, 0.2) is 12.1 Å². The lowest BCUT2D eigenvalue weighted by atomic mass is 9.78. The van der Waals surface area contributed by atoms with Crippen molar-refractivity contribution in [2.24, 2.45) is 7.05 Å². The minimum Gasteiger partial charge on any atom is -0.481 e. The molecule has 1 aromatic carbocycles. The summed E-state index contributed by atoms with van der Waals surface area (Å²) in [6.45, 7) is 8.07. The van der Waals surface area contributed by atoms with E-state index in [-0.39, 0.29) is 0 Å². The first-order chi connectivity index (χ1) is 10.2. The van der Waals surface area contributed by atoms with Gasteiger partial charge in [-0.3, -0.25) is 0 Å². The van der Waals surface area contributed by atoms with Crippen LogP contribution in [-0.4, -0.2) is 35.2 Å². The summed E-state index contributed by atoms with van der Waals surface area (Å²) < 4.78 is 19.3. The zero-order chi connectivity index (χ0) is 16.3. The predicted molar refractivity (Wildman–Crippen MR) is 88.0 cm³/mol. The van der Waals surface area contributed by atoms with E-state index in [9.17, 15) is 0 Å². The van der Waals surface area contributed by atoms with Crippen LogP contribution in [0.5, 0.6) is 5.88 Å². The summed E-state index contributed by atoms with van der Waals surface area (Å²) in [5.41, 5.74) is 0.757. The van der Waals surface area contributed by atoms with Crippen LogP contribution < -0.4 is 10.2 Å². The summed E-state index contributed by atoms with van der Waals surface area (Å²) in [5.74, 6) is 0.623. The van der Waals surface area contributed by atoms with Crippen molar-refractivity contribution < 1.29 is 14.0 Å². The Morgan fingerprint density at radius 1 is 1.18 bits per heavy atom. The van der Waals surface area contributed by atoms with Crippen molar-refractivity contribution in [3.8, 4) is 5.88 Å². The molecule has 0 atom stereocenters. The minimum atomic E-state index is -0.508. The molecular weight excluding hydrogens is 302 g/mol. The Kier molecular flexibility index (Phi) is 3.47. The molecule has 0 spiro atoms. The van der Waals surface area contributed by atoms with E-state index in [1.165, 1.54) is 0 Å². The highest BCUT2D eigenvalue weighted by molar-refractivity contribution is 6.66. The molecule has 1 aliphatic heterocycles. The van der Waals surface area contributed by atoms with Crippen LogP contribution in [0, 0.1) is 0 Å². The maximum atomic E-state index is 6.61. The van der Waals surface area contributed by atoms with E-state index < -0.39 is 18.3 Å². The lowest BCUT2D eigenvalue weighted by molar-refractivity contribution is 0.00578. The highest BCUT2D eigenvalue weighted by atomic mass is 35.5. The van der Waals surface area contributed by atoms with Crippen molar-refractivity contribution in [3.63, 3.8) is 0 Å². The van der Waals surface area contributed by atoms with Crippen molar-refractivity contribution >= 4 is 35.1 Å². The van der Waals surface area contributed by atoms with E-state index in [0.29, 0.717) is 10.9 Å². The van der Waals surface area contributed by atoms with Crippen molar-refractivity contribution in [2.45, 2.75) is 38.9 Å². The Balaban J connectivity index is 2.12. The molecule has 118 valence electrons. The molecule has 0 saturated carbocycles. The fraction of sp³-hybridized carbons (Fsp3) is 0.533. The summed E-state index contributed by atoms with van der Waals surface area (Å²) in [5, 5.41) is 5.73. The van der Waals surface area contributed by atoms with E-state index in [2.05, 4.69) is 5.10 Å². The molecule has 7 heteroatoms. The van der Waals surface area contributed by atoms with E-state index >= 15 is 0 Å². The Bertz CT molecular complexity index is 726. The van der Waals surface area contributed by atoms with E-state index in [1.54, 1.807) is 11.8 Å². The molecule has 1 aliphatic rings. The van der Waals surface area contributed by atoms with Gasteiger partial charge in [-0.05, 0) is 33.8 Å². The quantitative estimate of drug-likeness (QED) is 0.797. The third-order valence-electron chi connectivity index (χ3n) is 4.62. The third-order valence-corrected chi connectivity index (χ3v) is 5.02. The lowest BCUT2D eigenvalue weighted by Gasteiger charge is -2.32. The van der Waals surface area contributed by atoms with Gasteiger partial charge >= 0.3 is 7.12 Å². The standard InChI is InChI=1S/C15H20BClN2O3/c1-14(2)15(3,4)22-16(21-14)9-7-8-10-11(12(9)17)13(20-6)19(5)18-10/h7-8H,1-6H3.